The lowest BCUT2D eigenvalue weighted by atomic mass is 9.96. The summed E-state index contributed by atoms with van der Waals surface area (Å²) in [5, 5.41) is 3.91. The van der Waals surface area contributed by atoms with E-state index in [0.717, 1.165) is 34.2 Å². The highest BCUT2D eigenvalue weighted by molar-refractivity contribution is 7.13. The van der Waals surface area contributed by atoms with Crippen molar-refractivity contribution in [2.24, 2.45) is 5.92 Å². The maximum atomic E-state index is 12.3. The number of aromatic nitrogens is 1. The van der Waals surface area contributed by atoms with E-state index < -0.39 is 0 Å². The third kappa shape index (κ3) is 3.32. The molecule has 1 aliphatic heterocycles. The van der Waals surface area contributed by atoms with Crippen LogP contribution in [0.4, 0.5) is 0 Å². The number of thiazole rings is 1. The lowest BCUT2D eigenvalue weighted by molar-refractivity contribution is 0.0941. The Morgan fingerprint density at radius 3 is 3.00 bits per heavy atom. The van der Waals surface area contributed by atoms with Gasteiger partial charge in [-0.05, 0) is 31.9 Å². The van der Waals surface area contributed by atoms with Crippen LogP contribution >= 0.6 is 11.3 Å². The van der Waals surface area contributed by atoms with Crippen LogP contribution in [0, 0.1) is 19.8 Å². The standard InChI is InChI=1S/C17H20N2O3S/c1-10-16(23-11(2)19-10)17(20)18-8-12-7-13-5-4-6-14(21-3)15(13)22-9-12/h4-6,12H,7-9H2,1-3H3,(H,18,20)/t12-/m1/s1. The van der Waals surface area contributed by atoms with Gasteiger partial charge in [-0.15, -0.1) is 11.3 Å². The predicted molar refractivity (Wildman–Crippen MR) is 89.6 cm³/mol. The minimum absolute atomic E-state index is 0.0514. The van der Waals surface area contributed by atoms with Crippen molar-refractivity contribution in [3.63, 3.8) is 0 Å². The highest BCUT2D eigenvalue weighted by atomic mass is 32.1. The second-order valence-corrected chi connectivity index (χ2v) is 6.89. The molecule has 0 aliphatic carbocycles. The molecule has 1 N–H and O–H groups in total. The van der Waals surface area contributed by atoms with E-state index in [1.54, 1.807) is 7.11 Å². The van der Waals surface area contributed by atoms with Gasteiger partial charge in [0, 0.05) is 12.5 Å². The summed E-state index contributed by atoms with van der Waals surface area (Å²) in [6, 6.07) is 5.91. The molecule has 122 valence electrons. The normalized spacial score (nSPS) is 16.4. The summed E-state index contributed by atoms with van der Waals surface area (Å²) in [6.45, 7) is 4.94. The number of carbonyl (C=O) groups excluding carboxylic acids is 1. The number of para-hydroxylation sites is 1. The number of fused-ring (bicyclic) bond motifs is 1. The molecule has 1 amide bonds. The molecule has 0 spiro atoms. The Balaban J connectivity index is 1.62. The molecule has 1 aliphatic rings. The van der Waals surface area contributed by atoms with Gasteiger partial charge in [0.1, 0.15) is 4.88 Å². The summed E-state index contributed by atoms with van der Waals surface area (Å²) in [6.07, 6.45) is 0.869. The molecule has 2 aromatic rings. The Bertz CT molecular complexity index is 727. The zero-order chi connectivity index (χ0) is 16.4. The van der Waals surface area contributed by atoms with E-state index in [9.17, 15) is 4.79 Å². The molecular weight excluding hydrogens is 312 g/mol. The van der Waals surface area contributed by atoms with Gasteiger partial charge in [-0.25, -0.2) is 4.98 Å². The minimum Gasteiger partial charge on any atom is -0.493 e. The molecule has 0 radical (unpaired) electrons. The quantitative estimate of drug-likeness (QED) is 0.935. The Morgan fingerprint density at radius 2 is 2.30 bits per heavy atom. The van der Waals surface area contributed by atoms with E-state index in [0.29, 0.717) is 18.0 Å². The van der Waals surface area contributed by atoms with Crippen molar-refractivity contribution < 1.29 is 14.3 Å². The Labute approximate surface area is 139 Å². The number of hydrogen-bond donors (Lipinski definition) is 1. The van der Waals surface area contributed by atoms with Crippen molar-refractivity contribution in [2.75, 3.05) is 20.3 Å². The van der Waals surface area contributed by atoms with Gasteiger partial charge in [-0.1, -0.05) is 12.1 Å². The van der Waals surface area contributed by atoms with Gasteiger partial charge < -0.3 is 14.8 Å². The number of rotatable bonds is 4. The predicted octanol–water partition coefficient (Wildman–Crippen LogP) is 2.75. The van der Waals surface area contributed by atoms with Crippen molar-refractivity contribution in [2.45, 2.75) is 20.3 Å². The van der Waals surface area contributed by atoms with Crippen LogP contribution in [-0.2, 0) is 6.42 Å². The minimum atomic E-state index is -0.0514. The average Bonchev–Trinajstić information content (AvgIpc) is 2.90. The molecule has 3 rings (SSSR count). The fourth-order valence-corrected chi connectivity index (χ4v) is 3.64. The fraction of sp³-hybridized carbons (Fsp3) is 0.412. The fourth-order valence-electron chi connectivity index (χ4n) is 2.81. The summed E-state index contributed by atoms with van der Waals surface area (Å²) < 4.78 is 11.2. The second-order valence-electron chi connectivity index (χ2n) is 5.69. The number of aryl methyl sites for hydroxylation is 2. The Kier molecular flexibility index (Phi) is 4.52. The molecule has 1 aromatic carbocycles. The number of methoxy groups -OCH3 is 1. The van der Waals surface area contributed by atoms with E-state index in [2.05, 4.69) is 10.3 Å². The van der Waals surface area contributed by atoms with E-state index in [1.165, 1.54) is 11.3 Å². The summed E-state index contributed by atoms with van der Waals surface area (Å²) in [4.78, 5) is 17.3. The lowest BCUT2D eigenvalue weighted by Gasteiger charge is -2.26. The highest BCUT2D eigenvalue weighted by Gasteiger charge is 2.23. The van der Waals surface area contributed by atoms with Crippen molar-refractivity contribution in [1.82, 2.24) is 10.3 Å². The molecule has 6 heteroatoms. The number of nitrogens with zero attached hydrogens (tertiary/aromatic N) is 1. The van der Waals surface area contributed by atoms with Crippen LogP contribution in [-0.4, -0.2) is 31.2 Å². The van der Waals surface area contributed by atoms with E-state index in [-0.39, 0.29) is 11.8 Å². The number of carbonyl (C=O) groups is 1. The van der Waals surface area contributed by atoms with E-state index in [1.807, 2.05) is 32.0 Å². The average molecular weight is 332 g/mol. The molecule has 0 bridgehead atoms. The van der Waals surface area contributed by atoms with Crippen LogP contribution in [0.2, 0.25) is 0 Å². The first-order chi connectivity index (χ1) is 11.1. The van der Waals surface area contributed by atoms with Crippen LogP contribution in [0.15, 0.2) is 18.2 Å². The smallest absolute Gasteiger partial charge is 0.263 e. The van der Waals surface area contributed by atoms with Gasteiger partial charge in [-0.3, -0.25) is 4.79 Å². The first-order valence-corrected chi connectivity index (χ1v) is 8.41. The third-order valence-corrected chi connectivity index (χ3v) is 4.99. The van der Waals surface area contributed by atoms with Gasteiger partial charge in [-0.2, -0.15) is 0 Å². The number of hydrogen-bond acceptors (Lipinski definition) is 5. The Hall–Kier alpha value is -2.08. The molecule has 0 saturated heterocycles. The summed E-state index contributed by atoms with van der Waals surface area (Å²) in [5.74, 6) is 1.80. The summed E-state index contributed by atoms with van der Waals surface area (Å²) in [7, 11) is 1.64. The van der Waals surface area contributed by atoms with Crippen LogP contribution in [0.25, 0.3) is 0 Å². The molecule has 23 heavy (non-hydrogen) atoms. The SMILES string of the molecule is COc1cccc2c1OC[C@@H](CNC(=O)c1sc(C)nc1C)C2. The molecule has 0 unspecified atom stereocenters. The van der Waals surface area contributed by atoms with Gasteiger partial charge in [0.05, 0.1) is 24.4 Å². The first kappa shape index (κ1) is 15.8. The van der Waals surface area contributed by atoms with Gasteiger partial charge >= 0.3 is 0 Å². The topological polar surface area (TPSA) is 60.5 Å². The highest BCUT2D eigenvalue weighted by Crippen LogP contribution is 2.35. The van der Waals surface area contributed by atoms with Crippen LogP contribution in [0.3, 0.4) is 0 Å². The number of benzene rings is 1. The zero-order valence-corrected chi connectivity index (χ0v) is 14.3. The monoisotopic (exact) mass is 332 g/mol. The van der Waals surface area contributed by atoms with E-state index in [4.69, 9.17) is 9.47 Å². The molecule has 2 heterocycles. The first-order valence-electron chi connectivity index (χ1n) is 7.59. The van der Waals surface area contributed by atoms with Crippen molar-refractivity contribution in [1.29, 1.82) is 0 Å². The number of nitrogens with one attached hydrogen (secondary N) is 1. The van der Waals surface area contributed by atoms with Crippen LogP contribution in [0.5, 0.6) is 11.5 Å². The van der Waals surface area contributed by atoms with Gasteiger partial charge in [0.25, 0.3) is 5.91 Å². The number of amides is 1. The largest absolute Gasteiger partial charge is 0.493 e. The van der Waals surface area contributed by atoms with Crippen LogP contribution in [0.1, 0.15) is 25.9 Å². The molecular formula is C17H20N2O3S. The van der Waals surface area contributed by atoms with Gasteiger partial charge in [0.15, 0.2) is 11.5 Å². The summed E-state index contributed by atoms with van der Waals surface area (Å²) in [5.41, 5.74) is 1.92. The van der Waals surface area contributed by atoms with Crippen molar-refractivity contribution in [3.8, 4) is 11.5 Å². The zero-order valence-electron chi connectivity index (χ0n) is 13.5. The molecule has 0 fully saturated rings. The summed E-state index contributed by atoms with van der Waals surface area (Å²) >= 11 is 1.43. The lowest BCUT2D eigenvalue weighted by Crippen LogP contribution is -2.34. The maximum absolute atomic E-state index is 12.3. The third-order valence-electron chi connectivity index (χ3n) is 3.91. The molecule has 1 atom stereocenters. The Morgan fingerprint density at radius 1 is 1.48 bits per heavy atom. The van der Waals surface area contributed by atoms with Crippen molar-refractivity contribution >= 4 is 17.2 Å². The number of ether oxygens (including phenoxy) is 2. The molecule has 1 aromatic heterocycles. The van der Waals surface area contributed by atoms with E-state index >= 15 is 0 Å². The molecule has 5 nitrogen and oxygen atoms in total. The second kappa shape index (κ2) is 6.58. The van der Waals surface area contributed by atoms with Crippen molar-refractivity contribution in [3.05, 3.63) is 39.3 Å². The maximum Gasteiger partial charge on any atom is 0.263 e. The molecule has 0 saturated carbocycles. The van der Waals surface area contributed by atoms with Crippen LogP contribution < -0.4 is 14.8 Å². The van der Waals surface area contributed by atoms with Gasteiger partial charge in [0.2, 0.25) is 0 Å².